The third-order valence-corrected chi connectivity index (χ3v) is 5.18. The molecule has 2 aromatic heterocycles. The molecular weight excluding hydrogens is 395 g/mol. The number of anilines is 1. The Hall–Kier alpha value is -2.89. The maximum Gasteiger partial charge on any atom is 0.257 e. The summed E-state index contributed by atoms with van der Waals surface area (Å²) in [6.07, 6.45) is 5.42. The van der Waals surface area contributed by atoms with E-state index in [1.807, 2.05) is 44.6 Å². The second-order valence-electron chi connectivity index (χ2n) is 6.50. The van der Waals surface area contributed by atoms with Gasteiger partial charge >= 0.3 is 0 Å². The van der Waals surface area contributed by atoms with E-state index in [1.165, 1.54) is 0 Å². The van der Waals surface area contributed by atoms with Gasteiger partial charge in [0, 0.05) is 34.9 Å². The number of hydrogen-bond donors (Lipinski definition) is 1. The molecule has 0 aliphatic carbocycles. The fraction of sp³-hybridized carbons (Fsp3) is 0.0952. The second kappa shape index (κ2) is 7.26. The first kappa shape index (κ1) is 18.5. The van der Waals surface area contributed by atoms with Crippen molar-refractivity contribution in [2.75, 3.05) is 5.32 Å². The van der Waals surface area contributed by atoms with Gasteiger partial charge < -0.3 is 5.32 Å². The fourth-order valence-electron chi connectivity index (χ4n) is 3.14. The molecule has 0 saturated heterocycles. The number of hydrogen-bond acceptors (Lipinski definition) is 3. The molecule has 7 heteroatoms. The van der Waals surface area contributed by atoms with Gasteiger partial charge in [-0.15, -0.1) is 0 Å². The zero-order valence-electron chi connectivity index (χ0n) is 15.2. The van der Waals surface area contributed by atoms with Crippen LogP contribution in [-0.2, 0) is 7.05 Å². The number of aryl methyl sites for hydroxylation is 2. The average Bonchev–Trinajstić information content (AvgIpc) is 3.04. The molecule has 0 fully saturated rings. The predicted octanol–water partition coefficient (Wildman–Crippen LogP) is 5.50. The zero-order valence-corrected chi connectivity index (χ0v) is 16.7. The number of carbonyl (C=O) groups excluding carboxylic acids is 1. The van der Waals surface area contributed by atoms with Crippen LogP contribution in [0.1, 0.15) is 15.9 Å². The number of fused-ring (bicyclic) bond motifs is 1. The van der Waals surface area contributed by atoms with E-state index in [0.717, 1.165) is 27.6 Å². The van der Waals surface area contributed by atoms with Crippen LogP contribution in [0.15, 0.2) is 55.0 Å². The van der Waals surface area contributed by atoms with Crippen LogP contribution in [0, 0.1) is 6.92 Å². The van der Waals surface area contributed by atoms with Crippen LogP contribution in [0.3, 0.4) is 0 Å². The monoisotopic (exact) mass is 410 g/mol. The topological polar surface area (TPSA) is 59.8 Å². The van der Waals surface area contributed by atoms with Gasteiger partial charge in [-0.2, -0.15) is 5.10 Å². The first-order valence-corrected chi connectivity index (χ1v) is 9.33. The van der Waals surface area contributed by atoms with Gasteiger partial charge in [-0.05, 0) is 48.4 Å². The molecule has 5 nitrogen and oxygen atoms in total. The summed E-state index contributed by atoms with van der Waals surface area (Å²) >= 11 is 12.1. The Balaban J connectivity index is 1.72. The maximum absolute atomic E-state index is 12.6. The number of nitrogens with zero attached hydrogens (tertiary/aromatic N) is 3. The lowest BCUT2D eigenvalue weighted by Crippen LogP contribution is -2.12. The summed E-state index contributed by atoms with van der Waals surface area (Å²) < 4.78 is 1.79. The van der Waals surface area contributed by atoms with Crippen LogP contribution in [0.4, 0.5) is 5.69 Å². The largest absolute Gasteiger partial charge is 0.322 e. The number of nitrogens with one attached hydrogen (secondary N) is 1. The van der Waals surface area contributed by atoms with E-state index in [4.69, 9.17) is 23.2 Å². The van der Waals surface area contributed by atoms with E-state index in [-0.39, 0.29) is 5.91 Å². The van der Waals surface area contributed by atoms with Crippen molar-refractivity contribution in [2.24, 2.45) is 7.05 Å². The van der Waals surface area contributed by atoms with Crippen molar-refractivity contribution in [3.63, 3.8) is 0 Å². The summed E-state index contributed by atoms with van der Waals surface area (Å²) in [5.41, 5.74) is 4.98. The van der Waals surface area contributed by atoms with Crippen molar-refractivity contribution < 1.29 is 4.79 Å². The van der Waals surface area contributed by atoms with E-state index >= 15 is 0 Å². The molecule has 4 rings (SSSR count). The number of carbonyl (C=O) groups is 1. The van der Waals surface area contributed by atoms with Crippen molar-refractivity contribution in [1.82, 2.24) is 14.8 Å². The third-order valence-electron chi connectivity index (χ3n) is 4.64. The molecule has 4 aromatic rings. The Morgan fingerprint density at radius 1 is 1.04 bits per heavy atom. The lowest BCUT2D eigenvalue weighted by atomic mass is 9.99. The summed E-state index contributed by atoms with van der Waals surface area (Å²) in [6, 6.07) is 10.5. The van der Waals surface area contributed by atoms with Crippen LogP contribution >= 0.6 is 23.2 Å². The van der Waals surface area contributed by atoms with Crippen molar-refractivity contribution >= 4 is 45.7 Å². The number of rotatable bonds is 3. The van der Waals surface area contributed by atoms with E-state index in [1.54, 1.807) is 29.1 Å². The van der Waals surface area contributed by atoms with Crippen molar-refractivity contribution in [3.05, 3.63) is 76.2 Å². The number of benzene rings is 2. The van der Waals surface area contributed by atoms with Crippen LogP contribution in [0.5, 0.6) is 0 Å². The van der Waals surface area contributed by atoms with E-state index in [0.29, 0.717) is 21.3 Å². The fourth-order valence-corrected chi connectivity index (χ4v) is 3.63. The van der Waals surface area contributed by atoms with Crippen molar-refractivity contribution in [3.8, 4) is 11.1 Å². The zero-order chi connectivity index (χ0) is 19.8. The Morgan fingerprint density at radius 3 is 2.64 bits per heavy atom. The molecule has 0 unspecified atom stereocenters. The van der Waals surface area contributed by atoms with Gasteiger partial charge in [0.05, 0.1) is 28.5 Å². The Morgan fingerprint density at radius 2 is 1.86 bits per heavy atom. The lowest BCUT2D eigenvalue weighted by molar-refractivity contribution is 0.102. The normalized spacial score (nSPS) is 11.0. The number of aromatic nitrogens is 3. The van der Waals surface area contributed by atoms with Gasteiger partial charge in [-0.25, -0.2) is 0 Å². The maximum atomic E-state index is 12.6. The van der Waals surface area contributed by atoms with Crippen LogP contribution in [0.25, 0.3) is 22.0 Å². The van der Waals surface area contributed by atoms with Crippen LogP contribution < -0.4 is 5.32 Å². The minimum absolute atomic E-state index is 0.297. The van der Waals surface area contributed by atoms with Gasteiger partial charge in [0.25, 0.3) is 5.91 Å². The Labute approximate surface area is 171 Å². The first-order chi connectivity index (χ1) is 13.4. The van der Waals surface area contributed by atoms with E-state index in [9.17, 15) is 4.79 Å². The minimum Gasteiger partial charge on any atom is -0.322 e. The summed E-state index contributed by atoms with van der Waals surface area (Å²) in [7, 11) is 1.88. The SMILES string of the molecule is Cc1ccc(NC(=O)c2ccc(Cl)cc2Cl)cc1-c1cncc2c1cnn2C. The predicted molar refractivity (Wildman–Crippen MR) is 113 cm³/mol. The molecule has 2 aromatic carbocycles. The molecular formula is C21H16Cl2N4O. The van der Waals surface area contributed by atoms with Crippen molar-refractivity contribution in [1.29, 1.82) is 0 Å². The summed E-state index contributed by atoms with van der Waals surface area (Å²) in [4.78, 5) is 17.0. The Kier molecular flexibility index (Phi) is 4.79. The lowest BCUT2D eigenvalue weighted by Gasteiger charge is -2.12. The van der Waals surface area contributed by atoms with E-state index < -0.39 is 0 Å². The molecule has 28 heavy (non-hydrogen) atoms. The minimum atomic E-state index is -0.297. The first-order valence-electron chi connectivity index (χ1n) is 8.57. The molecule has 0 saturated carbocycles. The average molecular weight is 411 g/mol. The van der Waals surface area contributed by atoms with Crippen LogP contribution in [0.2, 0.25) is 10.0 Å². The smallest absolute Gasteiger partial charge is 0.257 e. The van der Waals surface area contributed by atoms with Gasteiger partial charge in [0.15, 0.2) is 0 Å². The molecule has 0 radical (unpaired) electrons. The number of pyridine rings is 1. The quantitative estimate of drug-likeness (QED) is 0.484. The standard InChI is InChI=1S/C21H16Cl2N4O/c1-12-3-5-14(26-21(28)15-6-4-13(22)7-19(15)23)8-16(12)17-9-24-11-20-18(17)10-25-27(20)2/h3-11H,1-2H3,(H,26,28). The second-order valence-corrected chi connectivity index (χ2v) is 7.34. The summed E-state index contributed by atoms with van der Waals surface area (Å²) in [5.74, 6) is -0.297. The molecule has 0 spiro atoms. The van der Waals surface area contributed by atoms with Crippen LogP contribution in [-0.4, -0.2) is 20.7 Å². The molecule has 2 heterocycles. The molecule has 0 bridgehead atoms. The summed E-state index contributed by atoms with van der Waals surface area (Å²) in [5, 5.41) is 9.02. The van der Waals surface area contributed by atoms with Crippen molar-refractivity contribution in [2.45, 2.75) is 6.92 Å². The third kappa shape index (κ3) is 3.35. The molecule has 1 amide bonds. The highest BCUT2D eigenvalue weighted by molar-refractivity contribution is 6.37. The van der Waals surface area contributed by atoms with Gasteiger partial charge in [0.2, 0.25) is 0 Å². The molecule has 140 valence electrons. The van der Waals surface area contributed by atoms with E-state index in [2.05, 4.69) is 15.4 Å². The van der Waals surface area contributed by atoms with Gasteiger partial charge in [-0.3, -0.25) is 14.5 Å². The Bertz CT molecular complexity index is 1220. The summed E-state index contributed by atoms with van der Waals surface area (Å²) in [6.45, 7) is 2.02. The molecule has 0 atom stereocenters. The van der Waals surface area contributed by atoms with Gasteiger partial charge in [0.1, 0.15) is 0 Å². The highest BCUT2D eigenvalue weighted by atomic mass is 35.5. The molecule has 0 aliphatic heterocycles. The number of amides is 1. The molecule has 1 N–H and O–H groups in total. The highest BCUT2D eigenvalue weighted by Crippen LogP contribution is 2.32. The van der Waals surface area contributed by atoms with Gasteiger partial charge in [-0.1, -0.05) is 29.3 Å². The number of halogens is 2. The molecule has 0 aliphatic rings. The highest BCUT2D eigenvalue weighted by Gasteiger charge is 2.14.